The fourth-order valence-corrected chi connectivity index (χ4v) is 1.25. The van der Waals surface area contributed by atoms with E-state index in [4.69, 9.17) is 10.5 Å². The highest BCUT2D eigenvalue weighted by molar-refractivity contribution is 5.69. The topological polar surface area (TPSA) is 55.6 Å². The maximum absolute atomic E-state index is 11.6. The lowest BCUT2D eigenvalue weighted by Crippen LogP contribution is -2.36. The van der Waals surface area contributed by atoms with E-state index in [9.17, 15) is 4.79 Å². The minimum absolute atomic E-state index is 0.319. The maximum atomic E-state index is 11.6. The molecule has 0 unspecified atom stereocenters. The van der Waals surface area contributed by atoms with E-state index in [1.165, 1.54) is 4.90 Å². The molecule has 0 aromatic carbocycles. The fourth-order valence-electron chi connectivity index (χ4n) is 1.25. The number of hydrogen-bond acceptors (Lipinski definition) is 3. The molecule has 0 atom stereocenters. The number of hydrogen-bond donors (Lipinski definition) is 1. The maximum Gasteiger partial charge on any atom is 0.414 e. The standard InChI is InChI=1S/C10H18N2O2/c1-10(2,3)14-9(13)12-6-4-5-8(11)7-12/h7H,4-6,11H2,1-3H3. The molecule has 0 fully saturated rings. The Balaban J connectivity index is 2.57. The van der Waals surface area contributed by atoms with Crippen molar-refractivity contribution in [2.24, 2.45) is 5.73 Å². The van der Waals surface area contributed by atoms with E-state index < -0.39 is 5.60 Å². The zero-order valence-corrected chi connectivity index (χ0v) is 9.04. The molecule has 1 aliphatic heterocycles. The van der Waals surface area contributed by atoms with Gasteiger partial charge in [0, 0.05) is 18.4 Å². The van der Waals surface area contributed by atoms with Crippen LogP contribution in [0.15, 0.2) is 11.9 Å². The van der Waals surface area contributed by atoms with Gasteiger partial charge in [0.15, 0.2) is 0 Å². The van der Waals surface area contributed by atoms with Crippen molar-refractivity contribution in [3.8, 4) is 0 Å². The Kier molecular flexibility index (Phi) is 3.03. The van der Waals surface area contributed by atoms with Gasteiger partial charge in [-0.3, -0.25) is 4.90 Å². The van der Waals surface area contributed by atoms with Crippen LogP contribution < -0.4 is 5.73 Å². The van der Waals surface area contributed by atoms with Gasteiger partial charge in [0.25, 0.3) is 0 Å². The molecule has 80 valence electrons. The fraction of sp³-hybridized carbons (Fsp3) is 0.700. The Bertz CT molecular complexity index is 253. The molecule has 1 aliphatic rings. The van der Waals surface area contributed by atoms with Crippen LogP contribution in [0.3, 0.4) is 0 Å². The van der Waals surface area contributed by atoms with Gasteiger partial charge in [-0.05, 0) is 33.6 Å². The highest BCUT2D eigenvalue weighted by atomic mass is 16.6. The Morgan fingerprint density at radius 3 is 2.71 bits per heavy atom. The van der Waals surface area contributed by atoms with Crippen molar-refractivity contribution in [3.63, 3.8) is 0 Å². The van der Waals surface area contributed by atoms with Crippen molar-refractivity contribution in [1.82, 2.24) is 4.90 Å². The summed E-state index contributed by atoms with van der Waals surface area (Å²) in [7, 11) is 0. The second-order valence-electron chi connectivity index (χ2n) is 4.48. The van der Waals surface area contributed by atoms with Gasteiger partial charge in [0.05, 0.1) is 0 Å². The van der Waals surface area contributed by atoms with Crippen LogP contribution in [0.25, 0.3) is 0 Å². The molecule has 0 aromatic heterocycles. The highest BCUT2D eigenvalue weighted by Crippen LogP contribution is 2.15. The summed E-state index contributed by atoms with van der Waals surface area (Å²) < 4.78 is 5.21. The van der Waals surface area contributed by atoms with Crippen LogP contribution in [0.1, 0.15) is 33.6 Å². The van der Waals surface area contributed by atoms with Crippen molar-refractivity contribution in [1.29, 1.82) is 0 Å². The van der Waals surface area contributed by atoms with E-state index in [0.29, 0.717) is 6.54 Å². The van der Waals surface area contributed by atoms with Crippen molar-refractivity contribution in [3.05, 3.63) is 11.9 Å². The second-order valence-corrected chi connectivity index (χ2v) is 4.48. The summed E-state index contributed by atoms with van der Waals surface area (Å²) in [6.45, 7) is 6.24. The zero-order valence-electron chi connectivity index (χ0n) is 9.04. The number of nitrogens with zero attached hydrogens (tertiary/aromatic N) is 1. The number of carbonyl (C=O) groups excluding carboxylic acids is 1. The SMILES string of the molecule is CC(C)(C)OC(=O)N1C=C(N)CCC1. The third kappa shape index (κ3) is 3.28. The van der Waals surface area contributed by atoms with Gasteiger partial charge in [-0.2, -0.15) is 0 Å². The Morgan fingerprint density at radius 2 is 2.21 bits per heavy atom. The number of amides is 1. The Morgan fingerprint density at radius 1 is 1.57 bits per heavy atom. The molecule has 1 rings (SSSR count). The van der Waals surface area contributed by atoms with E-state index >= 15 is 0 Å². The van der Waals surface area contributed by atoms with Crippen molar-refractivity contribution in [2.75, 3.05) is 6.54 Å². The first-order valence-electron chi connectivity index (χ1n) is 4.84. The number of ether oxygens (including phenoxy) is 1. The van der Waals surface area contributed by atoms with Crippen LogP contribution >= 0.6 is 0 Å². The van der Waals surface area contributed by atoms with E-state index in [0.717, 1.165) is 18.5 Å². The van der Waals surface area contributed by atoms with Gasteiger partial charge in [-0.1, -0.05) is 0 Å². The van der Waals surface area contributed by atoms with Crippen LogP contribution in [-0.4, -0.2) is 23.1 Å². The van der Waals surface area contributed by atoms with Gasteiger partial charge in [-0.15, -0.1) is 0 Å². The minimum atomic E-state index is -0.447. The number of nitrogens with two attached hydrogens (primary N) is 1. The van der Waals surface area contributed by atoms with Crippen LogP contribution in [0.2, 0.25) is 0 Å². The van der Waals surface area contributed by atoms with Crippen LogP contribution in [0.5, 0.6) is 0 Å². The predicted molar refractivity (Wildman–Crippen MR) is 54.4 cm³/mol. The summed E-state index contributed by atoms with van der Waals surface area (Å²) in [6, 6.07) is 0. The lowest BCUT2D eigenvalue weighted by atomic mass is 10.2. The first-order valence-corrected chi connectivity index (χ1v) is 4.84. The molecule has 0 spiro atoms. The molecule has 2 N–H and O–H groups in total. The molecule has 4 nitrogen and oxygen atoms in total. The third-order valence-corrected chi connectivity index (χ3v) is 1.81. The van der Waals surface area contributed by atoms with Gasteiger partial charge >= 0.3 is 6.09 Å². The molecular formula is C10H18N2O2. The number of rotatable bonds is 0. The first kappa shape index (κ1) is 10.9. The molecule has 0 aromatic rings. The Hall–Kier alpha value is -1.19. The van der Waals surface area contributed by atoms with E-state index in [-0.39, 0.29) is 6.09 Å². The summed E-state index contributed by atoms with van der Waals surface area (Å²) in [5.41, 5.74) is 5.93. The van der Waals surface area contributed by atoms with Crippen LogP contribution in [0, 0.1) is 0 Å². The van der Waals surface area contributed by atoms with E-state index in [2.05, 4.69) is 0 Å². The summed E-state index contributed by atoms with van der Waals surface area (Å²) in [6.07, 6.45) is 3.11. The molecule has 14 heavy (non-hydrogen) atoms. The quantitative estimate of drug-likeness (QED) is 0.646. The Labute approximate surface area is 84.7 Å². The van der Waals surface area contributed by atoms with Gasteiger partial charge < -0.3 is 10.5 Å². The van der Waals surface area contributed by atoms with E-state index in [1.54, 1.807) is 6.20 Å². The zero-order chi connectivity index (χ0) is 10.8. The summed E-state index contributed by atoms with van der Waals surface area (Å²) in [5.74, 6) is 0. The lowest BCUT2D eigenvalue weighted by molar-refractivity contribution is 0.0324. The molecule has 0 saturated heterocycles. The van der Waals surface area contributed by atoms with Crippen LogP contribution in [-0.2, 0) is 4.74 Å². The number of carbonyl (C=O) groups is 1. The predicted octanol–water partition coefficient (Wildman–Crippen LogP) is 1.82. The van der Waals surface area contributed by atoms with Crippen molar-refractivity contribution in [2.45, 2.75) is 39.2 Å². The molecule has 0 bridgehead atoms. The van der Waals surface area contributed by atoms with Crippen molar-refractivity contribution < 1.29 is 9.53 Å². The third-order valence-electron chi connectivity index (χ3n) is 1.81. The average molecular weight is 198 g/mol. The van der Waals surface area contributed by atoms with Crippen molar-refractivity contribution >= 4 is 6.09 Å². The summed E-state index contributed by atoms with van der Waals surface area (Å²) in [5, 5.41) is 0. The monoisotopic (exact) mass is 198 g/mol. The molecule has 0 aliphatic carbocycles. The summed E-state index contributed by atoms with van der Waals surface area (Å²) >= 11 is 0. The molecule has 0 saturated carbocycles. The van der Waals surface area contributed by atoms with Crippen LogP contribution in [0.4, 0.5) is 4.79 Å². The molecular weight excluding hydrogens is 180 g/mol. The van der Waals surface area contributed by atoms with E-state index in [1.807, 2.05) is 20.8 Å². The normalized spacial score (nSPS) is 17.6. The minimum Gasteiger partial charge on any atom is -0.443 e. The van der Waals surface area contributed by atoms with Gasteiger partial charge in [0.2, 0.25) is 0 Å². The number of allylic oxidation sites excluding steroid dienone is 1. The molecule has 4 heteroatoms. The second kappa shape index (κ2) is 3.90. The molecule has 0 radical (unpaired) electrons. The summed E-state index contributed by atoms with van der Waals surface area (Å²) in [4.78, 5) is 13.1. The molecule has 1 heterocycles. The smallest absolute Gasteiger partial charge is 0.414 e. The largest absolute Gasteiger partial charge is 0.443 e. The highest BCUT2D eigenvalue weighted by Gasteiger charge is 2.22. The van der Waals surface area contributed by atoms with Gasteiger partial charge in [-0.25, -0.2) is 4.79 Å². The van der Waals surface area contributed by atoms with Gasteiger partial charge in [0.1, 0.15) is 5.60 Å². The lowest BCUT2D eigenvalue weighted by Gasteiger charge is -2.27. The molecule has 1 amide bonds. The first-order chi connectivity index (χ1) is 6.38. The average Bonchev–Trinajstić information content (AvgIpc) is 2.01.